The van der Waals surface area contributed by atoms with Gasteiger partial charge in [-0.2, -0.15) is 0 Å². The van der Waals surface area contributed by atoms with Crippen LogP contribution >= 0.6 is 39.3 Å². The highest BCUT2D eigenvalue weighted by Gasteiger charge is 2.39. The second-order valence-electron chi connectivity index (χ2n) is 7.19. The molecule has 0 atom stereocenters. The molecule has 0 spiro atoms. The Morgan fingerprint density at radius 1 is 0.969 bits per heavy atom. The molecular weight excluding hydrogens is 512 g/mol. The van der Waals surface area contributed by atoms with Crippen LogP contribution in [-0.2, 0) is 16.1 Å². The molecule has 0 saturated heterocycles. The SMILES string of the molecule is Cc1cc(C)nc(SC2=C(Nc3ccc(Br)cc3)C(=O)N(Cc3ccc(Cl)cc3)C2=O)n1. The first-order valence-corrected chi connectivity index (χ1v) is 11.7. The molecule has 1 aromatic heterocycles. The van der Waals surface area contributed by atoms with Crippen molar-refractivity contribution in [1.29, 1.82) is 0 Å². The Hall–Kier alpha value is -2.68. The quantitative estimate of drug-likeness (QED) is 0.336. The lowest BCUT2D eigenvalue weighted by atomic mass is 10.2. The van der Waals surface area contributed by atoms with Crippen LogP contribution in [0.1, 0.15) is 17.0 Å². The first-order chi connectivity index (χ1) is 15.3. The first-order valence-electron chi connectivity index (χ1n) is 9.68. The van der Waals surface area contributed by atoms with Gasteiger partial charge in [-0.15, -0.1) is 0 Å². The summed E-state index contributed by atoms with van der Waals surface area (Å²) in [7, 11) is 0. The number of rotatable bonds is 6. The highest BCUT2D eigenvalue weighted by atomic mass is 79.9. The van der Waals surface area contributed by atoms with E-state index in [-0.39, 0.29) is 17.1 Å². The van der Waals surface area contributed by atoms with Gasteiger partial charge in [0, 0.05) is 26.6 Å². The van der Waals surface area contributed by atoms with Crippen molar-refractivity contribution in [3.05, 3.63) is 91.6 Å². The summed E-state index contributed by atoms with van der Waals surface area (Å²) in [5.41, 5.74) is 3.28. The first kappa shape index (κ1) is 22.5. The van der Waals surface area contributed by atoms with Gasteiger partial charge in [0.15, 0.2) is 5.16 Å². The van der Waals surface area contributed by atoms with E-state index in [1.807, 2.05) is 44.2 Å². The fourth-order valence-electron chi connectivity index (χ4n) is 3.18. The van der Waals surface area contributed by atoms with E-state index >= 15 is 0 Å². The molecule has 1 aliphatic heterocycles. The number of amides is 2. The molecule has 2 amide bonds. The molecule has 4 rings (SSSR count). The number of carbonyl (C=O) groups excluding carboxylic acids is 2. The average Bonchev–Trinajstić information content (AvgIpc) is 2.95. The standard InChI is InChI=1S/C23H18BrClN4O2S/c1-13-11-14(2)27-23(26-13)32-20-19(28-18-9-5-16(24)6-10-18)21(30)29(22(20)31)12-15-3-7-17(25)8-4-15/h3-11,28H,12H2,1-2H3. The van der Waals surface area contributed by atoms with Gasteiger partial charge in [-0.05, 0) is 73.6 Å². The molecular formula is C23H18BrClN4O2S. The molecule has 0 saturated carbocycles. The van der Waals surface area contributed by atoms with Crippen molar-refractivity contribution < 1.29 is 9.59 Å². The molecule has 3 aromatic rings. The van der Waals surface area contributed by atoms with E-state index in [0.29, 0.717) is 15.9 Å². The third kappa shape index (κ3) is 5.03. The van der Waals surface area contributed by atoms with E-state index in [2.05, 4.69) is 31.2 Å². The Kier molecular flexibility index (Phi) is 6.64. The molecule has 6 nitrogen and oxygen atoms in total. The summed E-state index contributed by atoms with van der Waals surface area (Å²) in [5, 5.41) is 4.13. The number of halogens is 2. The Labute approximate surface area is 203 Å². The third-order valence-electron chi connectivity index (χ3n) is 4.65. The van der Waals surface area contributed by atoms with Crippen molar-refractivity contribution in [2.24, 2.45) is 0 Å². The van der Waals surface area contributed by atoms with Crippen LogP contribution in [0.2, 0.25) is 5.02 Å². The fourth-order valence-corrected chi connectivity index (χ4v) is 4.57. The van der Waals surface area contributed by atoms with Gasteiger partial charge in [0.25, 0.3) is 11.8 Å². The predicted molar refractivity (Wildman–Crippen MR) is 129 cm³/mol. The lowest BCUT2D eigenvalue weighted by Crippen LogP contribution is -2.31. The molecule has 0 unspecified atom stereocenters. The second-order valence-corrected chi connectivity index (χ2v) is 9.52. The number of imide groups is 1. The van der Waals surface area contributed by atoms with Crippen molar-refractivity contribution in [2.45, 2.75) is 25.5 Å². The largest absolute Gasteiger partial charge is 0.350 e. The number of hydrogen-bond acceptors (Lipinski definition) is 6. The topological polar surface area (TPSA) is 75.2 Å². The van der Waals surface area contributed by atoms with Crippen LogP contribution in [0.3, 0.4) is 0 Å². The van der Waals surface area contributed by atoms with E-state index < -0.39 is 11.8 Å². The Morgan fingerprint density at radius 2 is 1.59 bits per heavy atom. The maximum Gasteiger partial charge on any atom is 0.278 e. The molecule has 9 heteroatoms. The monoisotopic (exact) mass is 528 g/mol. The minimum atomic E-state index is -0.403. The van der Waals surface area contributed by atoms with Gasteiger partial charge in [-0.3, -0.25) is 14.5 Å². The van der Waals surface area contributed by atoms with Gasteiger partial charge < -0.3 is 5.32 Å². The minimum Gasteiger partial charge on any atom is -0.350 e. The number of thioether (sulfide) groups is 1. The van der Waals surface area contributed by atoms with Crippen LogP contribution in [-0.4, -0.2) is 26.7 Å². The van der Waals surface area contributed by atoms with Gasteiger partial charge in [0.2, 0.25) is 0 Å². The zero-order valence-corrected chi connectivity index (χ0v) is 20.4. The molecule has 1 aliphatic rings. The number of nitrogens with zero attached hydrogens (tertiary/aromatic N) is 3. The zero-order valence-electron chi connectivity index (χ0n) is 17.2. The Morgan fingerprint density at radius 3 is 2.22 bits per heavy atom. The Balaban J connectivity index is 1.69. The van der Waals surface area contributed by atoms with E-state index in [4.69, 9.17) is 11.6 Å². The highest BCUT2D eigenvalue weighted by Crippen LogP contribution is 2.35. The molecule has 1 N–H and O–H groups in total. The maximum atomic E-state index is 13.3. The van der Waals surface area contributed by atoms with E-state index in [1.54, 1.807) is 24.3 Å². The normalized spacial score (nSPS) is 13.8. The molecule has 2 aromatic carbocycles. The molecule has 0 aliphatic carbocycles. The van der Waals surface area contributed by atoms with Gasteiger partial charge in [0.05, 0.1) is 6.54 Å². The van der Waals surface area contributed by atoms with Gasteiger partial charge >= 0.3 is 0 Å². The third-order valence-corrected chi connectivity index (χ3v) is 6.38. The van der Waals surface area contributed by atoms with Crippen LogP contribution in [0.15, 0.2) is 74.8 Å². The summed E-state index contributed by atoms with van der Waals surface area (Å²) in [6, 6.07) is 16.3. The van der Waals surface area contributed by atoms with Gasteiger partial charge in [-0.1, -0.05) is 39.7 Å². The van der Waals surface area contributed by atoms with E-state index in [1.165, 1.54) is 4.90 Å². The molecule has 0 fully saturated rings. The highest BCUT2D eigenvalue weighted by molar-refractivity contribution is 9.10. The van der Waals surface area contributed by atoms with Crippen LogP contribution < -0.4 is 5.32 Å². The number of hydrogen-bond donors (Lipinski definition) is 1. The summed E-state index contributed by atoms with van der Waals surface area (Å²) in [5.74, 6) is -0.794. The minimum absolute atomic E-state index is 0.137. The smallest absolute Gasteiger partial charge is 0.278 e. The summed E-state index contributed by atoms with van der Waals surface area (Å²) in [6.45, 7) is 3.86. The number of carbonyl (C=O) groups is 2. The lowest BCUT2D eigenvalue weighted by molar-refractivity contribution is -0.137. The predicted octanol–water partition coefficient (Wildman–Crippen LogP) is 5.49. The molecule has 0 radical (unpaired) electrons. The van der Waals surface area contributed by atoms with Crippen molar-refractivity contribution >= 4 is 56.8 Å². The summed E-state index contributed by atoms with van der Waals surface area (Å²) in [6.07, 6.45) is 0. The maximum absolute atomic E-state index is 13.3. The summed E-state index contributed by atoms with van der Waals surface area (Å²) < 4.78 is 0.911. The number of anilines is 1. The number of nitrogens with one attached hydrogen (secondary N) is 1. The fraction of sp³-hybridized carbons (Fsp3) is 0.130. The lowest BCUT2D eigenvalue weighted by Gasteiger charge is -2.15. The molecule has 0 bridgehead atoms. The van der Waals surface area contributed by atoms with Gasteiger partial charge in [0.1, 0.15) is 10.6 Å². The van der Waals surface area contributed by atoms with Crippen LogP contribution in [0, 0.1) is 13.8 Å². The van der Waals surface area contributed by atoms with Crippen molar-refractivity contribution in [1.82, 2.24) is 14.9 Å². The zero-order chi connectivity index (χ0) is 22.8. The van der Waals surface area contributed by atoms with Crippen LogP contribution in [0.4, 0.5) is 5.69 Å². The number of aryl methyl sites for hydroxylation is 2. The average molecular weight is 530 g/mol. The second kappa shape index (κ2) is 9.44. The van der Waals surface area contributed by atoms with Crippen molar-refractivity contribution in [3.8, 4) is 0 Å². The summed E-state index contributed by atoms with van der Waals surface area (Å²) >= 11 is 10.5. The van der Waals surface area contributed by atoms with E-state index in [9.17, 15) is 9.59 Å². The molecule has 2 heterocycles. The summed E-state index contributed by atoms with van der Waals surface area (Å²) in [4.78, 5) is 36.9. The van der Waals surface area contributed by atoms with Gasteiger partial charge in [-0.25, -0.2) is 9.97 Å². The van der Waals surface area contributed by atoms with Crippen molar-refractivity contribution in [3.63, 3.8) is 0 Å². The van der Waals surface area contributed by atoms with Crippen LogP contribution in [0.5, 0.6) is 0 Å². The number of aromatic nitrogens is 2. The Bertz CT molecular complexity index is 1210. The van der Waals surface area contributed by atoms with Crippen LogP contribution in [0.25, 0.3) is 0 Å². The van der Waals surface area contributed by atoms with E-state index in [0.717, 1.165) is 33.2 Å². The van der Waals surface area contributed by atoms with Crippen molar-refractivity contribution in [2.75, 3.05) is 5.32 Å². The molecule has 162 valence electrons. The number of benzene rings is 2. The molecule has 32 heavy (non-hydrogen) atoms.